The SMILES string of the molecule is C#CCN(CC)C(=O)c1ccc(Br)cn1. The van der Waals surface area contributed by atoms with Gasteiger partial charge in [0.05, 0.1) is 6.54 Å². The van der Waals surface area contributed by atoms with Gasteiger partial charge in [-0.15, -0.1) is 6.42 Å². The Hall–Kier alpha value is -1.34. The zero-order valence-electron chi connectivity index (χ0n) is 8.40. The molecule has 1 rings (SSSR count). The number of terminal acetylenes is 1. The van der Waals surface area contributed by atoms with E-state index in [9.17, 15) is 4.79 Å². The van der Waals surface area contributed by atoms with Crippen molar-refractivity contribution in [2.75, 3.05) is 13.1 Å². The molecule has 0 aliphatic heterocycles. The standard InChI is InChI=1S/C11H11BrN2O/c1-3-7-14(4-2)11(15)10-6-5-9(12)8-13-10/h1,5-6,8H,4,7H2,2H3. The minimum atomic E-state index is -0.136. The molecule has 0 radical (unpaired) electrons. The van der Waals surface area contributed by atoms with Crippen molar-refractivity contribution in [3.05, 3.63) is 28.5 Å². The van der Waals surface area contributed by atoms with Crippen LogP contribution in [-0.2, 0) is 0 Å². The van der Waals surface area contributed by atoms with Crippen LogP contribution in [0.1, 0.15) is 17.4 Å². The highest BCUT2D eigenvalue weighted by Crippen LogP contribution is 2.09. The number of carbonyl (C=O) groups excluding carboxylic acids is 1. The zero-order valence-corrected chi connectivity index (χ0v) is 9.99. The number of rotatable bonds is 3. The third kappa shape index (κ3) is 3.07. The molecular weight excluding hydrogens is 256 g/mol. The predicted molar refractivity (Wildman–Crippen MR) is 62.3 cm³/mol. The molecule has 15 heavy (non-hydrogen) atoms. The topological polar surface area (TPSA) is 33.2 Å². The van der Waals surface area contributed by atoms with Crippen LogP contribution in [0.5, 0.6) is 0 Å². The lowest BCUT2D eigenvalue weighted by Crippen LogP contribution is -2.31. The van der Waals surface area contributed by atoms with Gasteiger partial charge in [0.1, 0.15) is 5.69 Å². The first kappa shape index (κ1) is 11.7. The summed E-state index contributed by atoms with van der Waals surface area (Å²) in [5, 5.41) is 0. The third-order valence-corrected chi connectivity index (χ3v) is 2.37. The first-order valence-corrected chi connectivity index (χ1v) is 5.32. The lowest BCUT2D eigenvalue weighted by Gasteiger charge is -2.17. The van der Waals surface area contributed by atoms with Crippen molar-refractivity contribution in [3.8, 4) is 12.3 Å². The molecule has 0 spiro atoms. The average molecular weight is 267 g/mol. The van der Waals surface area contributed by atoms with Gasteiger partial charge in [-0.2, -0.15) is 0 Å². The minimum Gasteiger partial charge on any atom is -0.326 e. The Morgan fingerprint density at radius 1 is 1.67 bits per heavy atom. The maximum atomic E-state index is 11.8. The number of halogens is 1. The second kappa shape index (κ2) is 5.52. The van der Waals surface area contributed by atoms with Crippen molar-refractivity contribution in [3.63, 3.8) is 0 Å². The van der Waals surface area contributed by atoms with E-state index >= 15 is 0 Å². The Balaban J connectivity index is 2.84. The molecule has 0 saturated heterocycles. The Morgan fingerprint density at radius 2 is 2.40 bits per heavy atom. The number of carbonyl (C=O) groups is 1. The molecule has 0 atom stereocenters. The van der Waals surface area contributed by atoms with Crippen LogP contribution in [0, 0.1) is 12.3 Å². The lowest BCUT2D eigenvalue weighted by molar-refractivity contribution is 0.0779. The molecule has 1 heterocycles. The van der Waals surface area contributed by atoms with E-state index in [1.54, 1.807) is 23.2 Å². The van der Waals surface area contributed by atoms with Crippen LogP contribution in [0.3, 0.4) is 0 Å². The van der Waals surface area contributed by atoms with Crippen LogP contribution in [0.15, 0.2) is 22.8 Å². The Morgan fingerprint density at radius 3 is 2.87 bits per heavy atom. The normalized spacial score (nSPS) is 9.40. The maximum absolute atomic E-state index is 11.8. The fourth-order valence-electron chi connectivity index (χ4n) is 1.10. The van der Waals surface area contributed by atoms with Crippen molar-refractivity contribution >= 4 is 21.8 Å². The largest absolute Gasteiger partial charge is 0.326 e. The number of hydrogen-bond acceptors (Lipinski definition) is 2. The Bertz CT molecular complexity index is 381. The average Bonchev–Trinajstić information content (AvgIpc) is 2.26. The molecule has 0 fully saturated rings. The third-order valence-electron chi connectivity index (χ3n) is 1.90. The zero-order chi connectivity index (χ0) is 11.3. The van der Waals surface area contributed by atoms with Crippen LogP contribution in [-0.4, -0.2) is 28.9 Å². The van der Waals surface area contributed by atoms with Gasteiger partial charge in [0.2, 0.25) is 0 Å². The van der Waals surface area contributed by atoms with Gasteiger partial charge in [-0.3, -0.25) is 4.79 Å². The van der Waals surface area contributed by atoms with Gasteiger partial charge >= 0.3 is 0 Å². The van der Waals surface area contributed by atoms with Gasteiger partial charge in [0.15, 0.2) is 0 Å². The number of nitrogens with zero attached hydrogens (tertiary/aromatic N) is 2. The van der Waals surface area contributed by atoms with Crippen LogP contribution in [0.25, 0.3) is 0 Å². The number of pyridine rings is 1. The second-order valence-electron chi connectivity index (χ2n) is 2.89. The lowest BCUT2D eigenvalue weighted by atomic mass is 10.3. The fourth-order valence-corrected chi connectivity index (χ4v) is 1.34. The van der Waals surface area contributed by atoms with Gasteiger partial charge in [0, 0.05) is 17.2 Å². The van der Waals surface area contributed by atoms with Crippen molar-refractivity contribution in [2.45, 2.75) is 6.92 Å². The summed E-state index contributed by atoms with van der Waals surface area (Å²) in [5.41, 5.74) is 0.412. The van der Waals surface area contributed by atoms with Crippen LogP contribution in [0.2, 0.25) is 0 Å². The molecule has 3 nitrogen and oxygen atoms in total. The molecule has 0 saturated carbocycles. The van der Waals surface area contributed by atoms with E-state index in [-0.39, 0.29) is 5.91 Å². The van der Waals surface area contributed by atoms with Crippen LogP contribution < -0.4 is 0 Å². The van der Waals surface area contributed by atoms with Crippen LogP contribution >= 0.6 is 15.9 Å². The van der Waals surface area contributed by atoms with Crippen LogP contribution in [0.4, 0.5) is 0 Å². The predicted octanol–water partition coefficient (Wildman–Crippen LogP) is 1.94. The number of hydrogen-bond donors (Lipinski definition) is 0. The molecule has 0 N–H and O–H groups in total. The molecule has 0 aliphatic rings. The first-order chi connectivity index (χ1) is 7.19. The summed E-state index contributed by atoms with van der Waals surface area (Å²) in [7, 11) is 0. The fraction of sp³-hybridized carbons (Fsp3) is 0.273. The van der Waals surface area contributed by atoms with E-state index < -0.39 is 0 Å². The van der Waals surface area contributed by atoms with Gasteiger partial charge in [0.25, 0.3) is 5.91 Å². The summed E-state index contributed by atoms with van der Waals surface area (Å²) in [4.78, 5) is 17.4. The Kier molecular flexibility index (Phi) is 4.32. The number of amides is 1. The summed E-state index contributed by atoms with van der Waals surface area (Å²) in [6.45, 7) is 2.78. The summed E-state index contributed by atoms with van der Waals surface area (Å²) < 4.78 is 0.846. The highest BCUT2D eigenvalue weighted by molar-refractivity contribution is 9.10. The van der Waals surface area contributed by atoms with Gasteiger partial charge in [-0.1, -0.05) is 5.92 Å². The summed E-state index contributed by atoms with van der Waals surface area (Å²) in [5.74, 6) is 2.31. The molecular formula is C11H11BrN2O. The van der Waals surface area contributed by atoms with E-state index in [0.717, 1.165) is 4.47 Å². The highest BCUT2D eigenvalue weighted by Gasteiger charge is 2.13. The van der Waals surface area contributed by atoms with E-state index in [0.29, 0.717) is 18.8 Å². The minimum absolute atomic E-state index is 0.136. The highest BCUT2D eigenvalue weighted by atomic mass is 79.9. The molecule has 4 heteroatoms. The van der Waals surface area contributed by atoms with Crippen molar-refractivity contribution in [2.24, 2.45) is 0 Å². The molecule has 1 aromatic heterocycles. The van der Waals surface area contributed by atoms with Crippen molar-refractivity contribution < 1.29 is 4.79 Å². The van der Waals surface area contributed by atoms with E-state index in [1.807, 2.05) is 6.92 Å². The molecule has 0 bridgehead atoms. The van der Waals surface area contributed by atoms with E-state index in [2.05, 4.69) is 26.8 Å². The number of aromatic nitrogens is 1. The second-order valence-corrected chi connectivity index (χ2v) is 3.80. The van der Waals surface area contributed by atoms with E-state index in [4.69, 9.17) is 6.42 Å². The van der Waals surface area contributed by atoms with Crippen molar-refractivity contribution in [1.82, 2.24) is 9.88 Å². The van der Waals surface area contributed by atoms with Gasteiger partial charge < -0.3 is 4.90 Å². The molecule has 1 amide bonds. The molecule has 0 aliphatic carbocycles. The summed E-state index contributed by atoms with van der Waals surface area (Å²) in [6.07, 6.45) is 6.77. The smallest absolute Gasteiger partial charge is 0.273 e. The summed E-state index contributed by atoms with van der Waals surface area (Å²) >= 11 is 3.26. The van der Waals surface area contributed by atoms with Gasteiger partial charge in [-0.25, -0.2) is 4.98 Å². The first-order valence-electron chi connectivity index (χ1n) is 4.53. The van der Waals surface area contributed by atoms with Crippen molar-refractivity contribution in [1.29, 1.82) is 0 Å². The quantitative estimate of drug-likeness (QED) is 0.784. The van der Waals surface area contributed by atoms with Gasteiger partial charge in [-0.05, 0) is 35.0 Å². The molecule has 0 aromatic carbocycles. The molecule has 1 aromatic rings. The summed E-state index contributed by atoms with van der Waals surface area (Å²) in [6, 6.07) is 3.45. The molecule has 78 valence electrons. The monoisotopic (exact) mass is 266 g/mol. The Labute approximate surface area is 97.6 Å². The van der Waals surface area contributed by atoms with E-state index in [1.165, 1.54) is 0 Å². The molecule has 0 unspecified atom stereocenters. The maximum Gasteiger partial charge on any atom is 0.273 e.